The van der Waals surface area contributed by atoms with Gasteiger partial charge in [0, 0.05) is 48.2 Å². The number of esters is 1. The van der Waals surface area contributed by atoms with Gasteiger partial charge >= 0.3 is 5.97 Å². The number of carbonyl (C=O) groups excluding carboxylic acids is 2. The van der Waals surface area contributed by atoms with E-state index < -0.39 is 12.1 Å². The molecule has 0 radical (unpaired) electrons. The SMILES string of the molecule is CCOC(=O)c1c(C=CC(=O)N(Cc2ccccc2OCC)CC(C)O)c(C)n(CC)c1C. The molecule has 1 N–H and O–H groups in total. The molecule has 0 bridgehead atoms. The van der Waals surface area contributed by atoms with Crippen LogP contribution in [-0.4, -0.2) is 52.3 Å². The van der Waals surface area contributed by atoms with Gasteiger partial charge in [0.25, 0.3) is 0 Å². The van der Waals surface area contributed by atoms with E-state index in [0.717, 1.165) is 17.0 Å². The maximum atomic E-state index is 13.2. The van der Waals surface area contributed by atoms with Gasteiger partial charge in [-0.3, -0.25) is 4.79 Å². The highest BCUT2D eigenvalue weighted by Crippen LogP contribution is 2.25. The quantitative estimate of drug-likeness (QED) is 0.406. The van der Waals surface area contributed by atoms with E-state index in [0.29, 0.717) is 36.6 Å². The van der Waals surface area contributed by atoms with E-state index in [4.69, 9.17) is 9.47 Å². The van der Waals surface area contributed by atoms with Crippen molar-refractivity contribution in [2.24, 2.45) is 0 Å². The average Bonchev–Trinajstić information content (AvgIpc) is 3.01. The minimum atomic E-state index is -0.693. The Labute approximate surface area is 196 Å². The number of aliphatic hydroxyl groups excluding tert-OH is 1. The Balaban J connectivity index is 2.38. The summed E-state index contributed by atoms with van der Waals surface area (Å²) in [4.78, 5) is 27.4. The summed E-state index contributed by atoms with van der Waals surface area (Å²) in [6.45, 7) is 13.1. The van der Waals surface area contributed by atoms with E-state index in [1.54, 1.807) is 24.8 Å². The summed E-state index contributed by atoms with van der Waals surface area (Å²) in [5, 5.41) is 9.99. The lowest BCUT2D eigenvalue weighted by molar-refractivity contribution is -0.127. The zero-order chi connectivity index (χ0) is 24.5. The summed E-state index contributed by atoms with van der Waals surface area (Å²) >= 11 is 0. The van der Waals surface area contributed by atoms with Gasteiger partial charge in [-0.1, -0.05) is 18.2 Å². The van der Waals surface area contributed by atoms with E-state index in [1.165, 1.54) is 6.08 Å². The third-order valence-electron chi connectivity index (χ3n) is 5.45. The van der Waals surface area contributed by atoms with Crippen LogP contribution < -0.4 is 4.74 Å². The van der Waals surface area contributed by atoms with Crippen molar-refractivity contribution in [3.05, 3.63) is 58.4 Å². The van der Waals surface area contributed by atoms with Crippen LogP contribution in [0.2, 0.25) is 0 Å². The smallest absolute Gasteiger partial charge is 0.340 e. The molecule has 0 saturated heterocycles. The number of ether oxygens (including phenoxy) is 2. The Hall–Kier alpha value is -3.06. The van der Waals surface area contributed by atoms with Gasteiger partial charge in [0.2, 0.25) is 5.91 Å². The molecule has 0 fully saturated rings. The number of carbonyl (C=O) groups is 2. The molecule has 1 heterocycles. The van der Waals surface area contributed by atoms with Gasteiger partial charge < -0.3 is 24.0 Å². The fourth-order valence-electron chi connectivity index (χ4n) is 3.99. The fourth-order valence-corrected chi connectivity index (χ4v) is 3.99. The molecule has 7 nitrogen and oxygen atoms in total. The third-order valence-corrected chi connectivity index (χ3v) is 5.45. The molecular formula is C26H36N2O5. The van der Waals surface area contributed by atoms with Gasteiger partial charge in [0.15, 0.2) is 0 Å². The second kappa shape index (κ2) is 12.3. The highest BCUT2D eigenvalue weighted by atomic mass is 16.5. The van der Waals surface area contributed by atoms with Crippen LogP contribution in [0, 0.1) is 13.8 Å². The molecule has 33 heavy (non-hydrogen) atoms. The van der Waals surface area contributed by atoms with Gasteiger partial charge in [0.05, 0.1) is 24.9 Å². The summed E-state index contributed by atoms with van der Waals surface area (Å²) < 4.78 is 13.0. The molecule has 0 aliphatic heterocycles. The van der Waals surface area contributed by atoms with Gasteiger partial charge in [-0.05, 0) is 53.7 Å². The van der Waals surface area contributed by atoms with Gasteiger partial charge in [-0.25, -0.2) is 4.79 Å². The van der Waals surface area contributed by atoms with Crippen molar-refractivity contribution in [2.45, 2.75) is 60.7 Å². The monoisotopic (exact) mass is 456 g/mol. The first-order valence-corrected chi connectivity index (χ1v) is 11.5. The molecule has 180 valence electrons. The lowest BCUT2D eigenvalue weighted by Crippen LogP contribution is -2.35. The lowest BCUT2D eigenvalue weighted by Gasteiger charge is -2.24. The molecule has 0 saturated carbocycles. The lowest BCUT2D eigenvalue weighted by atomic mass is 10.1. The Kier molecular flexibility index (Phi) is 9.73. The Morgan fingerprint density at radius 2 is 1.82 bits per heavy atom. The second-order valence-corrected chi connectivity index (χ2v) is 7.87. The Morgan fingerprint density at radius 3 is 2.42 bits per heavy atom. The van der Waals surface area contributed by atoms with E-state index in [9.17, 15) is 14.7 Å². The van der Waals surface area contributed by atoms with Crippen molar-refractivity contribution >= 4 is 18.0 Å². The number of hydrogen-bond donors (Lipinski definition) is 1. The van der Waals surface area contributed by atoms with Crippen molar-refractivity contribution in [2.75, 3.05) is 19.8 Å². The molecule has 2 rings (SSSR count). The van der Waals surface area contributed by atoms with Crippen molar-refractivity contribution in [1.29, 1.82) is 0 Å². The van der Waals surface area contributed by atoms with Crippen LogP contribution >= 0.6 is 0 Å². The standard InChI is InChI=1S/C26H36N2O5/c1-7-28-19(5)22(25(20(28)6)26(31)33-9-3)14-15-24(30)27(16-18(4)29)17-21-12-10-11-13-23(21)32-8-2/h10-15,18,29H,7-9,16-17H2,1-6H3. The first-order chi connectivity index (χ1) is 15.7. The maximum absolute atomic E-state index is 13.2. The molecule has 1 aromatic heterocycles. The van der Waals surface area contributed by atoms with Crippen LogP contribution in [-0.2, 0) is 22.6 Å². The van der Waals surface area contributed by atoms with E-state index in [-0.39, 0.29) is 19.1 Å². The number of nitrogens with zero attached hydrogens (tertiary/aromatic N) is 2. The molecule has 2 aromatic rings. The number of aliphatic hydroxyl groups is 1. The molecule has 0 spiro atoms. The van der Waals surface area contributed by atoms with E-state index in [1.807, 2.05) is 56.5 Å². The molecule has 1 amide bonds. The van der Waals surface area contributed by atoms with Crippen molar-refractivity contribution in [3.8, 4) is 5.75 Å². The minimum absolute atomic E-state index is 0.169. The van der Waals surface area contributed by atoms with Crippen molar-refractivity contribution in [3.63, 3.8) is 0 Å². The van der Waals surface area contributed by atoms with E-state index >= 15 is 0 Å². The Morgan fingerprint density at radius 1 is 1.12 bits per heavy atom. The average molecular weight is 457 g/mol. The van der Waals surface area contributed by atoms with Gasteiger partial charge in [-0.2, -0.15) is 0 Å². The number of benzene rings is 1. The zero-order valence-corrected chi connectivity index (χ0v) is 20.6. The molecule has 1 unspecified atom stereocenters. The van der Waals surface area contributed by atoms with Crippen LogP contribution in [0.25, 0.3) is 6.08 Å². The second-order valence-electron chi connectivity index (χ2n) is 7.87. The van der Waals surface area contributed by atoms with Crippen molar-refractivity contribution in [1.82, 2.24) is 9.47 Å². The number of hydrogen-bond acceptors (Lipinski definition) is 5. The third kappa shape index (κ3) is 6.48. The number of amides is 1. The molecule has 7 heteroatoms. The summed E-state index contributed by atoms with van der Waals surface area (Å²) in [7, 11) is 0. The fraction of sp³-hybridized carbons (Fsp3) is 0.462. The van der Waals surface area contributed by atoms with Gasteiger partial charge in [0.1, 0.15) is 5.75 Å². The zero-order valence-electron chi connectivity index (χ0n) is 20.6. The summed E-state index contributed by atoms with van der Waals surface area (Å²) in [5.74, 6) is 0.0469. The topological polar surface area (TPSA) is 81.0 Å². The van der Waals surface area contributed by atoms with Crippen LogP contribution in [0.3, 0.4) is 0 Å². The highest BCUT2D eigenvalue weighted by Gasteiger charge is 2.23. The molecular weight excluding hydrogens is 420 g/mol. The summed E-state index contributed by atoms with van der Waals surface area (Å²) in [5.41, 5.74) is 3.72. The normalized spacial score (nSPS) is 12.1. The van der Waals surface area contributed by atoms with Crippen molar-refractivity contribution < 1.29 is 24.2 Å². The summed E-state index contributed by atoms with van der Waals surface area (Å²) in [6.07, 6.45) is 2.43. The van der Waals surface area contributed by atoms with Crippen LogP contribution in [0.4, 0.5) is 0 Å². The molecule has 1 aromatic carbocycles. The Bertz CT molecular complexity index is 991. The number of aromatic nitrogens is 1. The maximum Gasteiger partial charge on any atom is 0.340 e. The summed E-state index contributed by atoms with van der Waals surface area (Å²) in [6, 6.07) is 7.55. The highest BCUT2D eigenvalue weighted by molar-refractivity contribution is 5.98. The predicted octanol–water partition coefficient (Wildman–Crippen LogP) is 4.12. The van der Waals surface area contributed by atoms with Crippen LogP contribution in [0.1, 0.15) is 60.6 Å². The number of para-hydroxylation sites is 1. The van der Waals surface area contributed by atoms with E-state index in [2.05, 4.69) is 0 Å². The first kappa shape index (κ1) is 26.2. The molecule has 0 aliphatic rings. The van der Waals surface area contributed by atoms with Crippen LogP contribution in [0.5, 0.6) is 5.75 Å². The predicted molar refractivity (Wildman–Crippen MR) is 129 cm³/mol. The first-order valence-electron chi connectivity index (χ1n) is 11.5. The minimum Gasteiger partial charge on any atom is -0.494 e. The largest absolute Gasteiger partial charge is 0.494 e. The van der Waals surface area contributed by atoms with Gasteiger partial charge in [-0.15, -0.1) is 0 Å². The number of rotatable bonds is 11. The molecule has 0 aliphatic carbocycles. The van der Waals surface area contributed by atoms with Crippen LogP contribution in [0.15, 0.2) is 30.3 Å². The molecule has 1 atom stereocenters.